The topological polar surface area (TPSA) is 79.9 Å². The van der Waals surface area contributed by atoms with Crippen LogP contribution in [0.3, 0.4) is 0 Å². The summed E-state index contributed by atoms with van der Waals surface area (Å²) in [6.45, 7) is 2.67. The fourth-order valence-corrected chi connectivity index (χ4v) is 2.89. The van der Waals surface area contributed by atoms with Gasteiger partial charge in [-0.2, -0.15) is 0 Å². The summed E-state index contributed by atoms with van der Waals surface area (Å²) in [5, 5.41) is 2.96. The Morgan fingerprint density at radius 1 is 1.22 bits per heavy atom. The molecule has 1 aromatic rings. The molecule has 1 aliphatic rings. The van der Waals surface area contributed by atoms with Crippen LogP contribution >= 0.6 is 0 Å². The Morgan fingerprint density at radius 3 is 2.35 bits per heavy atom. The number of quaternary nitrogens is 1. The third kappa shape index (κ3) is 5.25. The molecule has 0 atom stereocenters. The highest BCUT2D eigenvalue weighted by Gasteiger charge is 2.26. The normalized spacial score (nSPS) is 20.8. The predicted octanol–water partition coefficient (Wildman–Crippen LogP) is -0.851. The summed E-state index contributed by atoms with van der Waals surface area (Å²) in [7, 11) is 4.00. The summed E-state index contributed by atoms with van der Waals surface area (Å²) >= 11 is 0. The summed E-state index contributed by atoms with van der Waals surface area (Å²) in [4.78, 5) is 26.5. The summed E-state index contributed by atoms with van der Waals surface area (Å²) in [6.07, 6.45) is 1.56. The first kappa shape index (κ1) is 17.3. The number of likely N-dealkylation sites (tertiary alicyclic amines) is 1. The van der Waals surface area contributed by atoms with E-state index in [2.05, 4.69) is 5.32 Å². The smallest absolute Gasteiger partial charge is 0.275 e. The number of nitrogens with zero attached hydrogens (tertiary/aromatic N) is 1. The molecule has 0 bridgehead atoms. The molecule has 1 saturated heterocycles. The van der Waals surface area contributed by atoms with E-state index in [-0.39, 0.29) is 17.7 Å². The van der Waals surface area contributed by atoms with Crippen molar-refractivity contribution >= 4 is 17.5 Å². The highest BCUT2D eigenvalue weighted by atomic mass is 16.2. The number of carbonyl (C=O) groups excluding carboxylic acids is 2. The van der Waals surface area contributed by atoms with Crippen molar-refractivity contribution in [2.75, 3.05) is 38.6 Å². The van der Waals surface area contributed by atoms with Crippen LogP contribution in [0, 0.1) is 5.92 Å². The molecule has 126 valence electrons. The fourth-order valence-electron chi connectivity index (χ4n) is 2.89. The second-order valence-electron chi connectivity index (χ2n) is 6.44. The molecule has 23 heavy (non-hydrogen) atoms. The maximum Gasteiger partial charge on any atom is 0.275 e. The van der Waals surface area contributed by atoms with E-state index in [1.807, 2.05) is 43.3 Å². The molecule has 0 aliphatic carbocycles. The van der Waals surface area contributed by atoms with Crippen molar-refractivity contribution in [3.63, 3.8) is 0 Å². The lowest BCUT2D eigenvalue weighted by Gasteiger charge is -2.27. The van der Waals surface area contributed by atoms with Gasteiger partial charge in [-0.25, -0.2) is 0 Å². The second-order valence-corrected chi connectivity index (χ2v) is 6.44. The Balaban J connectivity index is 1.72. The lowest BCUT2D eigenvalue weighted by atomic mass is 9.96. The molecule has 1 heterocycles. The first-order valence-electron chi connectivity index (χ1n) is 8.11. The van der Waals surface area contributed by atoms with E-state index in [9.17, 15) is 9.59 Å². The molecular formula is C17H27N4O2+. The molecule has 2 amide bonds. The van der Waals surface area contributed by atoms with Crippen molar-refractivity contribution in [3.8, 4) is 0 Å². The van der Waals surface area contributed by atoms with Crippen LogP contribution in [0.2, 0.25) is 0 Å². The molecule has 0 unspecified atom stereocenters. The molecule has 2 rings (SSSR count). The molecule has 1 aliphatic heterocycles. The third-order valence-electron chi connectivity index (χ3n) is 4.45. The average Bonchev–Trinajstić information content (AvgIpc) is 2.54. The minimum Gasteiger partial charge on any atom is -0.378 e. The number of nitrogens with two attached hydrogens (primary N) is 1. The van der Waals surface area contributed by atoms with Crippen LogP contribution in [0.15, 0.2) is 24.3 Å². The third-order valence-corrected chi connectivity index (χ3v) is 4.45. The van der Waals surface area contributed by atoms with E-state index < -0.39 is 0 Å². The van der Waals surface area contributed by atoms with Crippen LogP contribution in [0.5, 0.6) is 0 Å². The first-order valence-corrected chi connectivity index (χ1v) is 8.11. The molecule has 6 heteroatoms. The predicted molar refractivity (Wildman–Crippen MR) is 90.1 cm³/mol. The maximum absolute atomic E-state index is 12.0. The van der Waals surface area contributed by atoms with Crippen LogP contribution in [0.25, 0.3) is 0 Å². The molecule has 0 aromatic heterocycles. The largest absolute Gasteiger partial charge is 0.378 e. The van der Waals surface area contributed by atoms with Gasteiger partial charge in [0.05, 0.1) is 13.1 Å². The van der Waals surface area contributed by atoms with Gasteiger partial charge in [-0.1, -0.05) is 12.1 Å². The molecule has 1 aromatic carbocycles. The van der Waals surface area contributed by atoms with Gasteiger partial charge in [-0.3, -0.25) is 9.59 Å². The van der Waals surface area contributed by atoms with Crippen molar-refractivity contribution in [1.82, 2.24) is 5.32 Å². The Bertz CT molecular complexity index is 534. The SMILES string of the molecule is CN(C)c1ccc(CNC(=O)C[NH+]2CCC(C(N)=O)CC2)cc1. The number of hydrogen-bond donors (Lipinski definition) is 3. The maximum atomic E-state index is 12.0. The van der Waals surface area contributed by atoms with Gasteiger partial charge in [0.1, 0.15) is 0 Å². The molecule has 1 fully saturated rings. The highest BCUT2D eigenvalue weighted by molar-refractivity contribution is 5.77. The van der Waals surface area contributed by atoms with Gasteiger partial charge in [-0.05, 0) is 17.7 Å². The number of primary amides is 1. The van der Waals surface area contributed by atoms with Crippen LogP contribution < -0.4 is 20.9 Å². The Morgan fingerprint density at radius 2 is 1.83 bits per heavy atom. The molecule has 0 spiro atoms. The number of piperidine rings is 1. The van der Waals surface area contributed by atoms with E-state index in [1.165, 1.54) is 4.90 Å². The molecule has 0 saturated carbocycles. The van der Waals surface area contributed by atoms with E-state index >= 15 is 0 Å². The number of hydrogen-bond acceptors (Lipinski definition) is 3. The number of benzene rings is 1. The average molecular weight is 319 g/mol. The lowest BCUT2D eigenvalue weighted by Crippen LogP contribution is -3.14. The highest BCUT2D eigenvalue weighted by Crippen LogP contribution is 2.12. The fraction of sp³-hybridized carbons (Fsp3) is 0.529. The quantitative estimate of drug-likeness (QED) is 0.639. The van der Waals surface area contributed by atoms with Gasteiger partial charge in [0, 0.05) is 45.1 Å². The zero-order chi connectivity index (χ0) is 16.8. The summed E-state index contributed by atoms with van der Waals surface area (Å²) in [6, 6.07) is 8.14. The zero-order valence-electron chi connectivity index (χ0n) is 14.0. The van der Waals surface area contributed by atoms with Gasteiger partial charge in [0.2, 0.25) is 5.91 Å². The van der Waals surface area contributed by atoms with Crippen LogP contribution in [-0.2, 0) is 16.1 Å². The second kappa shape index (κ2) is 7.97. The first-order chi connectivity index (χ1) is 11.0. The molecule has 4 N–H and O–H groups in total. The monoisotopic (exact) mass is 319 g/mol. The number of rotatable bonds is 6. The Labute approximate surface area is 137 Å². The van der Waals surface area contributed by atoms with Gasteiger partial charge < -0.3 is 20.9 Å². The zero-order valence-corrected chi connectivity index (χ0v) is 14.0. The van der Waals surface area contributed by atoms with Crippen molar-refractivity contribution in [3.05, 3.63) is 29.8 Å². The van der Waals surface area contributed by atoms with Crippen molar-refractivity contribution < 1.29 is 14.5 Å². The van der Waals surface area contributed by atoms with Crippen LogP contribution in [0.4, 0.5) is 5.69 Å². The molecule has 0 radical (unpaired) electrons. The van der Waals surface area contributed by atoms with E-state index in [0.29, 0.717) is 13.1 Å². The standard InChI is InChI=1S/C17H26N4O2/c1-20(2)15-5-3-13(4-6-15)11-19-16(22)12-21-9-7-14(8-10-21)17(18)23/h3-6,14H,7-12H2,1-2H3,(H2,18,23)(H,19,22)/p+1. The minimum absolute atomic E-state index is 0.0166. The summed E-state index contributed by atoms with van der Waals surface area (Å²) < 4.78 is 0. The van der Waals surface area contributed by atoms with Gasteiger partial charge in [0.25, 0.3) is 5.91 Å². The van der Waals surface area contributed by atoms with E-state index in [0.717, 1.165) is 37.2 Å². The van der Waals surface area contributed by atoms with Crippen LogP contribution in [0.1, 0.15) is 18.4 Å². The lowest BCUT2D eigenvalue weighted by molar-refractivity contribution is -0.897. The van der Waals surface area contributed by atoms with Crippen molar-refractivity contribution in [2.24, 2.45) is 11.7 Å². The van der Waals surface area contributed by atoms with Crippen molar-refractivity contribution in [2.45, 2.75) is 19.4 Å². The Hall–Kier alpha value is -2.08. The van der Waals surface area contributed by atoms with Crippen LogP contribution in [-0.4, -0.2) is 45.5 Å². The van der Waals surface area contributed by atoms with Gasteiger partial charge in [-0.15, -0.1) is 0 Å². The molecule has 6 nitrogen and oxygen atoms in total. The minimum atomic E-state index is -0.213. The van der Waals surface area contributed by atoms with E-state index in [4.69, 9.17) is 5.73 Å². The summed E-state index contributed by atoms with van der Waals surface area (Å²) in [5.41, 5.74) is 7.55. The Kier molecular flexibility index (Phi) is 5.98. The summed E-state index contributed by atoms with van der Waals surface area (Å²) in [5.74, 6) is -0.180. The van der Waals surface area contributed by atoms with Crippen molar-refractivity contribution in [1.29, 1.82) is 0 Å². The number of nitrogens with one attached hydrogen (secondary N) is 2. The van der Waals surface area contributed by atoms with Gasteiger partial charge in [0.15, 0.2) is 6.54 Å². The molecular weight excluding hydrogens is 292 g/mol. The number of amides is 2. The number of anilines is 1. The van der Waals surface area contributed by atoms with Gasteiger partial charge >= 0.3 is 0 Å². The number of carbonyl (C=O) groups is 2. The van der Waals surface area contributed by atoms with E-state index in [1.54, 1.807) is 0 Å².